The molecule has 1 fully saturated rings. The number of hydrogen-bond donors (Lipinski definition) is 2. The predicted octanol–water partition coefficient (Wildman–Crippen LogP) is 3.65. The second-order valence-electron chi connectivity index (χ2n) is 7.66. The fraction of sp³-hybridized carbons (Fsp3) is 0.304. The average Bonchev–Trinajstić information content (AvgIpc) is 3.50. The van der Waals surface area contributed by atoms with E-state index in [0.717, 1.165) is 29.1 Å². The summed E-state index contributed by atoms with van der Waals surface area (Å²) in [7, 11) is 1.67. The number of nitrogens with zero attached hydrogens (tertiary/aromatic N) is 4. The smallest absolute Gasteiger partial charge is 0.323 e. The van der Waals surface area contributed by atoms with Crippen LogP contribution in [0.2, 0.25) is 0 Å². The van der Waals surface area contributed by atoms with Crippen LogP contribution in [-0.4, -0.2) is 63.6 Å². The number of rotatable bonds is 5. The van der Waals surface area contributed by atoms with Gasteiger partial charge in [-0.05, 0) is 18.4 Å². The van der Waals surface area contributed by atoms with Gasteiger partial charge < -0.3 is 9.80 Å². The molecule has 0 saturated carbocycles. The molecular formula is C23H24N6O2S. The lowest BCUT2D eigenvalue weighted by Gasteiger charge is -2.30. The van der Waals surface area contributed by atoms with Gasteiger partial charge in [-0.15, -0.1) is 17.8 Å². The summed E-state index contributed by atoms with van der Waals surface area (Å²) in [6.45, 7) is 1.49. The Labute approximate surface area is 190 Å². The first-order valence-corrected chi connectivity index (χ1v) is 11.2. The molecule has 3 aromatic rings. The summed E-state index contributed by atoms with van der Waals surface area (Å²) < 4.78 is 0. The third kappa shape index (κ3) is 4.81. The third-order valence-electron chi connectivity index (χ3n) is 5.45. The van der Waals surface area contributed by atoms with E-state index in [4.69, 9.17) is 6.42 Å². The number of aromatic amines is 1. The minimum Gasteiger partial charge on any atom is -0.329 e. The predicted molar refractivity (Wildman–Crippen MR) is 124 cm³/mol. The molecule has 0 unspecified atom stereocenters. The fourth-order valence-corrected chi connectivity index (χ4v) is 4.61. The Morgan fingerprint density at radius 3 is 2.78 bits per heavy atom. The van der Waals surface area contributed by atoms with Crippen LogP contribution >= 0.6 is 11.3 Å². The minimum atomic E-state index is -0.170. The second kappa shape index (κ2) is 9.66. The molecule has 0 radical (unpaired) electrons. The lowest BCUT2D eigenvalue weighted by atomic mass is 9.98. The lowest BCUT2D eigenvalue weighted by molar-refractivity contribution is 0.0807. The molecule has 2 aromatic heterocycles. The van der Waals surface area contributed by atoms with E-state index in [1.54, 1.807) is 17.3 Å². The highest BCUT2D eigenvalue weighted by atomic mass is 32.1. The number of piperidine rings is 1. The fourth-order valence-electron chi connectivity index (χ4n) is 3.65. The van der Waals surface area contributed by atoms with Gasteiger partial charge in [0, 0.05) is 37.5 Å². The van der Waals surface area contributed by atoms with Gasteiger partial charge in [0.15, 0.2) is 5.82 Å². The Balaban J connectivity index is 1.30. The highest BCUT2D eigenvalue weighted by molar-refractivity contribution is 7.09. The highest BCUT2D eigenvalue weighted by Gasteiger charge is 2.27. The zero-order valence-corrected chi connectivity index (χ0v) is 18.6. The topological polar surface area (TPSA) is 94.2 Å². The maximum absolute atomic E-state index is 12.7. The molecule has 0 bridgehead atoms. The molecule has 3 heterocycles. The minimum absolute atomic E-state index is 0.166. The number of urea groups is 1. The molecular weight excluding hydrogens is 424 g/mol. The van der Waals surface area contributed by atoms with Gasteiger partial charge in [0.2, 0.25) is 0 Å². The van der Waals surface area contributed by atoms with Gasteiger partial charge in [0.05, 0.1) is 17.2 Å². The van der Waals surface area contributed by atoms with Crippen LogP contribution in [0.1, 0.15) is 34.3 Å². The molecule has 0 spiro atoms. The first kappa shape index (κ1) is 21.6. The Morgan fingerprint density at radius 1 is 1.31 bits per heavy atom. The van der Waals surface area contributed by atoms with Crippen molar-refractivity contribution in [3.05, 3.63) is 52.5 Å². The van der Waals surface area contributed by atoms with Gasteiger partial charge in [-0.2, -0.15) is 5.10 Å². The number of anilines is 1. The number of aromatic nitrogens is 3. The molecule has 1 aliphatic rings. The Morgan fingerprint density at radius 2 is 2.06 bits per heavy atom. The Hall–Kier alpha value is -3.64. The first-order valence-electron chi connectivity index (χ1n) is 10.4. The Kier molecular flexibility index (Phi) is 6.52. The van der Waals surface area contributed by atoms with Gasteiger partial charge >= 0.3 is 6.03 Å². The van der Waals surface area contributed by atoms with Crippen molar-refractivity contribution in [2.24, 2.45) is 0 Å². The summed E-state index contributed by atoms with van der Waals surface area (Å²) in [5, 5.41) is 12.7. The third-order valence-corrected chi connectivity index (χ3v) is 6.45. The molecule has 0 aliphatic carbocycles. The molecule has 8 nitrogen and oxygen atoms in total. The van der Waals surface area contributed by atoms with Crippen LogP contribution in [0.5, 0.6) is 0 Å². The zero-order chi connectivity index (χ0) is 22.5. The van der Waals surface area contributed by atoms with E-state index in [1.807, 2.05) is 36.4 Å². The number of carbonyl (C=O) groups excluding carboxylic acids is 2. The molecule has 32 heavy (non-hydrogen) atoms. The highest BCUT2D eigenvalue weighted by Crippen LogP contribution is 2.31. The summed E-state index contributed by atoms with van der Waals surface area (Å²) in [4.78, 5) is 32.8. The molecule has 9 heteroatoms. The van der Waals surface area contributed by atoms with Crippen molar-refractivity contribution in [1.82, 2.24) is 25.0 Å². The first-order chi connectivity index (χ1) is 15.5. The van der Waals surface area contributed by atoms with Crippen LogP contribution in [0.15, 0.2) is 41.8 Å². The molecule has 1 saturated heterocycles. The second-order valence-corrected chi connectivity index (χ2v) is 8.55. The number of benzene rings is 1. The van der Waals surface area contributed by atoms with Crippen LogP contribution in [-0.2, 0) is 0 Å². The number of thiazole rings is 1. The molecule has 3 amide bonds. The maximum atomic E-state index is 12.7. The number of carbonyl (C=O) groups is 2. The van der Waals surface area contributed by atoms with Crippen LogP contribution in [0, 0.1) is 12.3 Å². The molecule has 0 atom stereocenters. The van der Waals surface area contributed by atoms with E-state index < -0.39 is 0 Å². The quantitative estimate of drug-likeness (QED) is 0.583. The molecule has 2 N–H and O–H groups in total. The summed E-state index contributed by atoms with van der Waals surface area (Å²) in [6.07, 6.45) is 6.87. The van der Waals surface area contributed by atoms with Gasteiger partial charge in [-0.1, -0.05) is 36.3 Å². The van der Waals surface area contributed by atoms with Crippen molar-refractivity contribution in [2.45, 2.75) is 18.8 Å². The van der Waals surface area contributed by atoms with Crippen molar-refractivity contribution < 1.29 is 9.59 Å². The van der Waals surface area contributed by atoms with E-state index in [2.05, 4.69) is 26.4 Å². The number of likely N-dealkylation sites (tertiary alicyclic amines) is 1. The summed E-state index contributed by atoms with van der Waals surface area (Å²) in [6, 6.07) is 11.5. The summed E-state index contributed by atoms with van der Waals surface area (Å²) >= 11 is 1.49. The van der Waals surface area contributed by atoms with E-state index in [9.17, 15) is 9.59 Å². The van der Waals surface area contributed by atoms with Crippen molar-refractivity contribution in [3.63, 3.8) is 0 Å². The monoisotopic (exact) mass is 448 g/mol. The van der Waals surface area contributed by atoms with E-state index in [1.165, 1.54) is 16.2 Å². The standard InChI is InChI=1S/C23H24N6O2S/c1-3-11-28(2)22(30)19-15-32-21(24-19)17-9-12-29(13-10-17)23(31)25-20-14-18(26-27-20)16-7-5-4-6-8-16/h1,4-8,14-15,17H,9-13H2,2H3,(H2,25,26,27,31). The molecule has 1 aromatic carbocycles. The van der Waals surface area contributed by atoms with Gasteiger partial charge in [-0.3, -0.25) is 15.2 Å². The Bertz CT molecular complexity index is 1120. The largest absolute Gasteiger partial charge is 0.329 e. The van der Waals surface area contributed by atoms with Gasteiger partial charge in [0.25, 0.3) is 5.91 Å². The number of amides is 3. The average molecular weight is 449 g/mol. The van der Waals surface area contributed by atoms with Crippen molar-refractivity contribution in [1.29, 1.82) is 0 Å². The molecule has 164 valence electrons. The van der Waals surface area contributed by atoms with Crippen molar-refractivity contribution >= 4 is 29.1 Å². The number of H-pyrrole nitrogens is 1. The summed E-state index contributed by atoms with van der Waals surface area (Å²) in [5.74, 6) is 3.02. The summed E-state index contributed by atoms with van der Waals surface area (Å²) in [5.41, 5.74) is 2.28. The van der Waals surface area contributed by atoms with E-state index in [-0.39, 0.29) is 24.4 Å². The normalized spacial score (nSPS) is 14.1. The SMILES string of the molecule is C#CCN(C)C(=O)c1csc(C2CCN(C(=O)Nc3cc(-c4ccccc4)[nH]n3)CC2)n1. The maximum Gasteiger partial charge on any atom is 0.323 e. The van der Waals surface area contributed by atoms with Crippen LogP contribution in [0.4, 0.5) is 10.6 Å². The van der Waals surface area contributed by atoms with Crippen LogP contribution < -0.4 is 5.32 Å². The van der Waals surface area contributed by atoms with Crippen LogP contribution in [0.25, 0.3) is 11.3 Å². The molecule has 4 rings (SSSR count). The number of hydrogen-bond acceptors (Lipinski definition) is 5. The van der Waals surface area contributed by atoms with E-state index >= 15 is 0 Å². The van der Waals surface area contributed by atoms with Gasteiger partial charge in [-0.25, -0.2) is 9.78 Å². The number of nitrogens with one attached hydrogen (secondary N) is 2. The van der Waals surface area contributed by atoms with E-state index in [0.29, 0.717) is 24.6 Å². The lowest BCUT2D eigenvalue weighted by Crippen LogP contribution is -2.40. The van der Waals surface area contributed by atoms with Crippen LogP contribution in [0.3, 0.4) is 0 Å². The number of terminal acetylenes is 1. The molecule has 1 aliphatic heterocycles. The van der Waals surface area contributed by atoms with Crippen molar-refractivity contribution in [2.75, 3.05) is 32.0 Å². The van der Waals surface area contributed by atoms with Gasteiger partial charge in [0.1, 0.15) is 5.69 Å². The van der Waals surface area contributed by atoms with Crippen molar-refractivity contribution in [3.8, 4) is 23.6 Å². The zero-order valence-electron chi connectivity index (χ0n) is 17.7.